The van der Waals surface area contributed by atoms with Crippen molar-refractivity contribution in [3.05, 3.63) is 22.7 Å². The van der Waals surface area contributed by atoms with Crippen molar-refractivity contribution < 1.29 is 27.6 Å². The van der Waals surface area contributed by atoms with Gasteiger partial charge in [0.05, 0.1) is 6.61 Å². The molecule has 2 N–H and O–H groups in total. The second-order valence-electron chi connectivity index (χ2n) is 11.8. The van der Waals surface area contributed by atoms with Crippen molar-refractivity contribution in [1.82, 2.24) is 9.55 Å². The van der Waals surface area contributed by atoms with E-state index in [1.807, 2.05) is 0 Å². The molecule has 1 amide bonds. The van der Waals surface area contributed by atoms with Crippen molar-refractivity contribution in [1.29, 1.82) is 0 Å². The van der Waals surface area contributed by atoms with E-state index >= 15 is 0 Å². The van der Waals surface area contributed by atoms with Crippen LogP contribution in [0, 0.1) is 5.92 Å². The highest BCUT2D eigenvalue weighted by atomic mass is 28.5. The van der Waals surface area contributed by atoms with Crippen LogP contribution in [0.4, 0.5) is 5.82 Å². The zero-order valence-electron chi connectivity index (χ0n) is 23.8. The Morgan fingerprint density at radius 1 is 1.03 bits per heavy atom. The van der Waals surface area contributed by atoms with Gasteiger partial charge < -0.3 is 28.1 Å². The summed E-state index contributed by atoms with van der Waals surface area (Å²) in [6.45, 7) is 20.7. The quantitative estimate of drug-likeness (QED) is 0.483. The number of ether oxygens (including phenoxy) is 1. The third-order valence-corrected chi connectivity index (χ3v) is 17.8. The second kappa shape index (κ2) is 11.4. The van der Waals surface area contributed by atoms with Gasteiger partial charge in [-0.15, -0.1) is 0 Å². The number of aliphatic hydroxyl groups excluding tert-OH is 1. The maximum absolute atomic E-state index is 12.9. The van der Waals surface area contributed by atoms with E-state index in [1.165, 1.54) is 16.8 Å². The van der Waals surface area contributed by atoms with Gasteiger partial charge in [0, 0.05) is 12.1 Å². The highest BCUT2D eigenvalue weighted by molar-refractivity contribution is 6.84. The highest BCUT2D eigenvalue weighted by Gasteiger charge is 2.61. The third-order valence-electron chi connectivity index (χ3n) is 7.52. The lowest BCUT2D eigenvalue weighted by molar-refractivity contribution is -0.118. The topological polar surface area (TPSA) is 121 Å². The lowest BCUT2D eigenvalue weighted by atomic mass is 10.1. The van der Waals surface area contributed by atoms with E-state index in [2.05, 4.69) is 65.7 Å². The van der Waals surface area contributed by atoms with Gasteiger partial charge in [-0.1, -0.05) is 69.2 Å². The van der Waals surface area contributed by atoms with E-state index in [9.17, 15) is 14.7 Å². The standard InChI is InChI=1S/C25H45N3O7Si2/c1-14(2)23(30)26-20-11-12-28(25(31)27-20)24-21(29)22-19(33-24)13-32-36(15(3)4,16(5)6)35-37(34-22,17(7)8)18(9)10/h11-12,14-19,21-22,24,29H,13H2,1-10H3,(H,26,27,30,31)/t19-,21-,22-,24-/m1/s1. The number of hydrogen-bond acceptors (Lipinski definition) is 8. The van der Waals surface area contributed by atoms with E-state index in [0.717, 1.165) is 0 Å². The Balaban J connectivity index is 1.99. The first kappa shape index (κ1) is 30.1. The molecule has 210 valence electrons. The van der Waals surface area contributed by atoms with Gasteiger partial charge in [0.1, 0.15) is 24.1 Å². The van der Waals surface area contributed by atoms with Gasteiger partial charge in [0.15, 0.2) is 6.23 Å². The molecule has 0 bridgehead atoms. The largest absolute Gasteiger partial charge is 0.414 e. The molecular formula is C25H45N3O7Si2. The van der Waals surface area contributed by atoms with Gasteiger partial charge in [-0.25, -0.2) is 4.79 Å². The summed E-state index contributed by atoms with van der Waals surface area (Å²) in [5, 5.41) is 14.1. The summed E-state index contributed by atoms with van der Waals surface area (Å²) in [4.78, 5) is 28.9. The lowest BCUT2D eigenvalue weighted by Crippen LogP contribution is -2.65. The molecule has 2 fully saturated rings. The predicted octanol–water partition coefficient (Wildman–Crippen LogP) is 4.05. The second-order valence-corrected chi connectivity index (χ2v) is 20.6. The molecular weight excluding hydrogens is 510 g/mol. The number of carbonyl (C=O) groups is 1. The molecule has 1 aromatic rings. The normalized spacial score (nSPS) is 27.6. The monoisotopic (exact) mass is 555 g/mol. The maximum atomic E-state index is 12.9. The van der Waals surface area contributed by atoms with E-state index in [4.69, 9.17) is 17.7 Å². The van der Waals surface area contributed by atoms with Gasteiger partial charge in [-0.2, -0.15) is 4.98 Å². The summed E-state index contributed by atoms with van der Waals surface area (Å²) in [6, 6.07) is 1.52. The van der Waals surface area contributed by atoms with E-state index in [1.54, 1.807) is 13.8 Å². The number of aliphatic hydroxyl groups is 1. The number of carbonyl (C=O) groups excluding carboxylic acids is 1. The van der Waals surface area contributed by atoms with Crippen LogP contribution < -0.4 is 11.0 Å². The van der Waals surface area contributed by atoms with Crippen LogP contribution in [-0.2, 0) is 22.5 Å². The van der Waals surface area contributed by atoms with Gasteiger partial charge in [0.2, 0.25) is 5.91 Å². The fraction of sp³-hybridized carbons (Fsp3) is 0.800. The molecule has 4 atom stereocenters. The SMILES string of the molecule is CC(C)C(=O)Nc1ccn([C@@H]2O[C@@H]3CO[Si](C(C)C)(C(C)C)O[Si](C(C)C)(C(C)C)O[C@H]3[C@H]2O)c(=O)n1. The number of nitrogens with zero attached hydrogens (tertiary/aromatic N) is 2. The van der Waals surface area contributed by atoms with Gasteiger partial charge in [-0.05, 0) is 28.2 Å². The number of nitrogens with one attached hydrogen (secondary N) is 1. The summed E-state index contributed by atoms with van der Waals surface area (Å²) in [5.41, 5.74) is -0.0853. The molecule has 2 aliphatic heterocycles. The molecule has 3 rings (SSSR count). The molecule has 0 saturated carbocycles. The van der Waals surface area contributed by atoms with Crippen molar-refractivity contribution in [3.63, 3.8) is 0 Å². The van der Waals surface area contributed by atoms with Crippen LogP contribution in [-0.4, -0.2) is 62.6 Å². The fourth-order valence-electron chi connectivity index (χ4n) is 5.31. The number of rotatable bonds is 7. The minimum Gasteiger partial charge on any atom is -0.414 e. The van der Waals surface area contributed by atoms with E-state index in [0.29, 0.717) is 0 Å². The Morgan fingerprint density at radius 3 is 2.08 bits per heavy atom. The average Bonchev–Trinajstić information content (AvgIpc) is 3.07. The number of hydrogen-bond donors (Lipinski definition) is 2. The van der Waals surface area contributed by atoms with Gasteiger partial charge in [-0.3, -0.25) is 9.36 Å². The molecule has 2 saturated heterocycles. The fourth-order valence-corrected chi connectivity index (χ4v) is 16.5. The smallest absolute Gasteiger partial charge is 0.351 e. The van der Waals surface area contributed by atoms with Crippen LogP contribution in [0.5, 0.6) is 0 Å². The first-order chi connectivity index (χ1) is 17.2. The molecule has 0 spiro atoms. The van der Waals surface area contributed by atoms with Crippen LogP contribution in [0.3, 0.4) is 0 Å². The Morgan fingerprint density at radius 2 is 1.59 bits per heavy atom. The molecule has 3 heterocycles. The molecule has 1 aromatic heterocycles. The molecule has 0 unspecified atom stereocenters. The highest BCUT2D eigenvalue weighted by Crippen LogP contribution is 2.48. The molecule has 10 nitrogen and oxygen atoms in total. The summed E-state index contributed by atoms with van der Waals surface area (Å²) in [5.74, 6) is -0.335. The van der Waals surface area contributed by atoms with Crippen LogP contribution >= 0.6 is 0 Å². The molecule has 0 aliphatic carbocycles. The molecule has 2 aliphatic rings. The van der Waals surface area contributed by atoms with Crippen LogP contribution in [0.15, 0.2) is 17.1 Å². The first-order valence-electron chi connectivity index (χ1n) is 13.4. The number of amides is 1. The Labute approximate surface area is 222 Å². The van der Waals surface area contributed by atoms with Crippen molar-refractivity contribution in [2.45, 2.75) is 116 Å². The minimum absolute atomic E-state index is 0.0960. The van der Waals surface area contributed by atoms with Crippen molar-refractivity contribution in [3.8, 4) is 0 Å². The molecule has 12 heteroatoms. The van der Waals surface area contributed by atoms with E-state index in [-0.39, 0.29) is 46.4 Å². The van der Waals surface area contributed by atoms with Crippen LogP contribution in [0.1, 0.15) is 75.5 Å². The Kier molecular flexibility index (Phi) is 9.25. The van der Waals surface area contributed by atoms with Crippen molar-refractivity contribution in [2.24, 2.45) is 5.92 Å². The van der Waals surface area contributed by atoms with Gasteiger partial charge in [0.25, 0.3) is 0 Å². The van der Waals surface area contributed by atoms with Crippen LogP contribution in [0.25, 0.3) is 0 Å². The average molecular weight is 556 g/mol. The Hall–Kier alpha value is -1.42. The Bertz CT molecular complexity index is 998. The zero-order valence-corrected chi connectivity index (χ0v) is 25.8. The maximum Gasteiger partial charge on any atom is 0.351 e. The number of anilines is 1. The van der Waals surface area contributed by atoms with Crippen molar-refractivity contribution in [2.75, 3.05) is 11.9 Å². The summed E-state index contributed by atoms with van der Waals surface area (Å²) >= 11 is 0. The molecule has 0 radical (unpaired) electrons. The summed E-state index contributed by atoms with van der Waals surface area (Å²) < 4.78 is 28.3. The predicted molar refractivity (Wildman–Crippen MR) is 146 cm³/mol. The molecule has 37 heavy (non-hydrogen) atoms. The number of aromatic nitrogens is 2. The lowest BCUT2D eigenvalue weighted by Gasteiger charge is -2.51. The van der Waals surface area contributed by atoms with E-state index < -0.39 is 47.4 Å². The minimum atomic E-state index is -2.94. The van der Waals surface area contributed by atoms with Crippen molar-refractivity contribution >= 4 is 28.8 Å². The third kappa shape index (κ3) is 5.65. The zero-order chi connectivity index (χ0) is 27.9. The van der Waals surface area contributed by atoms with Crippen LogP contribution in [0.2, 0.25) is 22.2 Å². The first-order valence-corrected chi connectivity index (χ1v) is 17.4. The van der Waals surface area contributed by atoms with Gasteiger partial charge >= 0.3 is 22.8 Å². The number of fused-ring (bicyclic) bond motifs is 1. The molecule has 0 aromatic carbocycles. The summed E-state index contributed by atoms with van der Waals surface area (Å²) in [6.07, 6.45) is -1.96. The summed E-state index contributed by atoms with van der Waals surface area (Å²) in [7, 11) is -5.70.